The Balaban J connectivity index is 1.09. The van der Waals surface area contributed by atoms with E-state index in [1.165, 1.54) is 27.6 Å². The number of benzene rings is 8. The quantitative estimate of drug-likeness (QED) is 0.176. The summed E-state index contributed by atoms with van der Waals surface area (Å²) in [6.07, 6.45) is 0. The second kappa shape index (κ2) is 12.6. The lowest BCUT2D eigenvalue weighted by Crippen LogP contribution is -2.00. The van der Waals surface area contributed by atoms with Gasteiger partial charge in [-0.2, -0.15) is 0 Å². The summed E-state index contributed by atoms with van der Waals surface area (Å²) in [4.78, 5) is 15.1. The molecule has 57 heavy (non-hydrogen) atoms. The molecule has 0 amide bonds. The molecule has 0 unspecified atom stereocenters. The van der Waals surface area contributed by atoms with Crippen LogP contribution in [-0.4, -0.2) is 19.5 Å². The smallest absolute Gasteiger partial charge is 0.164 e. The van der Waals surface area contributed by atoms with Crippen molar-refractivity contribution in [3.63, 3.8) is 0 Å². The normalized spacial score (nSPS) is 13.3. The van der Waals surface area contributed by atoms with Gasteiger partial charge in [0.2, 0.25) is 0 Å². The summed E-state index contributed by atoms with van der Waals surface area (Å²) in [6, 6.07) is 46.2. The van der Waals surface area contributed by atoms with Crippen LogP contribution >= 0.6 is 11.3 Å². The topological polar surface area (TPSA) is 56.7 Å². The highest BCUT2D eigenvalue weighted by molar-refractivity contribution is 7.25. The molecule has 6 heteroatoms. The molecule has 12 rings (SSSR count). The van der Waals surface area contributed by atoms with Gasteiger partial charge in [-0.3, -0.25) is 0 Å². The molecule has 0 aliphatic rings. The number of fused-ring (bicyclic) bond motifs is 9. The van der Waals surface area contributed by atoms with Crippen molar-refractivity contribution in [2.75, 3.05) is 0 Å². The highest BCUT2D eigenvalue weighted by Crippen LogP contribution is 2.42. The molecule has 0 fully saturated rings. The van der Waals surface area contributed by atoms with E-state index in [2.05, 4.69) is 42.5 Å². The van der Waals surface area contributed by atoms with Gasteiger partial charge in [0.15, 0.2) is 17.5 Å². The minimum absolute atomic E-state index is 0.0223. The SMILES string of the molecule is [2H]c1cc([2H])c2c(c1[2H])c1c([2H])c([2H])cc([2H])c1n2-c1cc(-c2ccccc2)c2oc3cc(-c4nc(-c5ccccc5)nc(-c5ccc6c(c5)sc5ccccc56)n4)ccc3c2c1. The molecular formula is C51H30N4OS. The number of hydrogen-bond acceptors (Lipinski definition) is 5. The van der Waals surface area contributed by atoms with Crippen LogP contribution in [0.25, 0.3) is 115 Å². The Morgan fingerprint density at radius 2 is 1.05 bits per heavy atom. The minimum Gasteiger partial charge on any atom is -0.455 e. The van der Waals surface area contributed by atoms with E-state index in [1.807, 2.05) is 91.0 Å². The lowest BCUT2D eigenvalue weighted by atomic mass is 10.0. The Kier molecular flexibility index (Phi) is 5.82. The number of nitrogens with zero attached hydrogens (tertiary/aromatic N) is 4. The summed E-state index contributed by atoms with van der Waals surface area (Å²) >= 11 is 1.74. The van der Waals surface area contributed by atoms with Crippen molar-refractivity contribution in [1.29, 1.82) is 0 Å². The van der Waals surface area contributed by atoms with Gasteiger partial charge in [0.1, 0.15) is 11.2 Å². The fourth-order valence-electron chi connectivity index (χ4n) is 7.95. The van der Waals surface area contributed by atoms with Crippen LogP contribution in [0, 0.1) is 0 Å². The van der Waals surface area contributed by atoms with E-state index in [1.54, 1.807) is 15.9 Å². The fraction of sp³-hybridized carbons (Fsp3) is 0. The van der Waals surface area contributed by atoms with Crippen molar-refractivity contribution in [2.24, 2.45) is 0 Å². The van der Waals surface area contributed by atoms with Gasteiger partial charge in [-0.05, 0) is 54.0 Å². The van der Waals surface area contributed by atoms with Gasteiger partial charge in [0, 0.05) is 69.7 Å². The summed E-state index contributed by atoms with van der Waals surface area (Å²) in [5.41, 5.74) is 6.47. The van der Waals surface area contributed by atoms with Crippen LogP contribution in [0.2, 0.25) is 0 Å². The first kappa shape index (κ1) is 26.4. The van der Waals surface area contributed by atoms with Crippen molar-refractivity contribution in [2.45, 2.75) is 0 Å². The molecular weight excluding hydrogens is 717 g/mol. The first-order valence-electron chi connectivity index (χ1n) is 21.5. The zero-order chi connectivity index (χ0) is 42.7. The molecule has 12 aromatic rings. The summed E-state index contributed by atoms with van der Waals surface area (Å²) in [5, 5.41) is 4.39. The van der Waals surface area contributed by atoms with Gasteiger partial charge in [-0.1, -0.05) is 133 Å². The molecule has 266 valence electrons. The van der Waals surface area contributed by atoms with Crippen LogP contribution in [0.5, 0.6) is 0 Å². The predicted molar refractivity (Wildman–Crippen MR) is 236 cm³/mol. The van der Waals surface area contributed by atoms with Gasteiger partial charge in [0.25, 0.3) is 0 Å². The van der Waals surface area contributed by atoms with Crippen LogP contribution in [0.3, 0.4) is 0 Å². The Hall–Kier alpha value is -7.41. The Labute approximate surface area is 339 Å². The Morgan fingerprint density at radius 3 is 1.77 bits per heavy atom. The lowest BCUT2D eigenvalue weighted by molar-refractivity contribution is 0.670. The van der Waals surface area contributed by atoms with Crippen molar-refractivity contribution in [3.05, 3.63) is 182 Å². The number of furan rings is 1. The molecule has 0 saturated carbocycles. The van der Waals surface area contributed by atoms with E-state index in [0.29, 0.717) is 45.4 Å². The fourth-order valence-corrected chi connectivity index (χ4v) is 9.10. The van der Waals surface area contributed by atoms with E-state index in [0.717, 1.165) is 43.3 Å². The maximum absolute atomic E-state index is 9.08. The lowest BCUT2D eigenvalue weighted by Gasteiger charge is -2.11. The predicted octanol–water partition coefficient (Wildman–Crippen LogP) is 13.9. The van der Waals surface area contributed by atoms with Crippen LogP contribution in [-0.2, 0) is 0 Å². The minimum atomic E-state index is -0.164. The van der Waals surface area contributed by atoms with Crippen molar-refractivity contribution >= 4 is 75.3 Å². The molecule has 0 atom stereocenters. The first-order valence-corrected chi connectivity index (χ1v) is 19.3. The average Bonchev–Trinajstić information content (AvgIpc) is 4.00. The molecule has 4 aromatic heterocycles. The second-order valence-corrected chi connectivity index (χ2v) is 15.0. The molecule has 5 nitrogen and oxygen atoms in total. The molecule has 0 aliphatic carbocycles. The van der Waals surface area contributed by atoms with E-state index < -0.39 is 0 Å². The number of aromatic nitrogens is 4. The van der Waals surface area contributed by atoms with Crippen LogP contribution < -0.4 is 0 Å². The van der Waals surface area contributed by atoms with Gasteiger partial charge in [-0.15, -0.1) is 11.3 Å². The largest absolute Gasteiger partial charge is 0.455 e. The van der Waals surface area contributed by atoms with E-state index in [9.17, 15) is 0 Å². The van der Waals surface area contributed by atoms with E-state index in [-0.39, 0.29) is 47.0 Å². The third kappa shape index (κ3) is 5.12. The third-order valence-electron chi connectivity index (χ3n) is 10.6. The summed E-state index contributed by atoms with van der Waals surface area (Å²) < 4.78 is 63.9. The van der Waals surface area contributed by atoms with Crippen molar-refractivity contribution in [3.8, 4) is 51.0 Å². The number of hydrogen-bond donors (Lipinski definition) is 0. The zero-order valence-corrected chi connectivity index (χ0v) is 30.8. The average molecular weight is 753 g/mol. The van der Waals surface area contributed by atoms with Gasteiger partial charge < -0.3 is 8.98 Å². The van der Waals surface area contributed by atoms with Crippen LogP contribution in [0.4, 0.5) is 0 Å². The maximum atomic E-state index is 9.08. The van der Waals surface area contributed by atoms with Gasteiger partial charge in [-0.25, -0.2) is 15.0 Å². The van der Waals surface area contributed by atoms with Gasteiger partial charge in [0.05, 0.1) is 19.3 Å². The molecule has 4 heterocycles. The summed E-state index contributed by atoms with van der Waals surface area (Å²) in [5.74, 6) is 1.58. The van der Waals surface area contributed by atoms with E-state index >= 15 is 0 Å². The first-order chi connectivity index (χ1) is 30.7. The molecule has 0 radical (unpaired) electrons. The van der Waals surface area contributed by atoms with E-state index in [4.69, 9.17) is 27.6 Å². The molecule has 0 bridgehead atoms. The van der Waals surface area contributed by atoms with Crippen molar-refractivity contribution < 1.29 is 12.6 Å². The van der Waals surface area contributed by atoms with Gasteiger partial charge >= 0.3 is 0 Å². The monoisotopic (exact) mass is 752 g/mol. The van der Waals surface area contributed by atoms with Crippen LogP contribution in [0.15, 0.2) is 186 Å². The molecule has 8 aromatic carbocycles. The summed E-state index contributed by atoms with van der Waals surface area (Å²) in [7, 11) is 0. The second-order valence-electron chi connectivity index (χ2n) is 13.9. The number of thiophene rings is 1. The molecule has 0 spiro atoms. The Bertz CT molecular complexity index is 3810. The summed E-state index contributed by atoms with van der Waals surface area (Å²) in [6.45, 7) is 0. The number of para-hydroxylation sites is 2. The third-order valence-corrected chi connectivity index (χ3v) is 11.7. The maximum Gasteiger partial charge on any atom is 0.164 e. The molecule has 0 aliphatic heterocycles. The molecule has 0 N–H and O–H groups in total. The zero-order valence-electron chi connectivity index (χ0n) is 36.0. The van der Waals surface area contributed by atoms with Crippen molar-refractivity contribution in [1.82, 2.24) is 19.5 Å². The highest BCUT2D eigenvalue weighted by atomic mass is 32.1. The molecule has 0 saturated heterocycles. The highest BCUT2D eigenvalue weighted by Gasteiger charge is 2.20. The Morgan fingerprint density at radius 1 is 0.456 bits per heavy atom. The number of rotatable bonds is 5. The van der Waals surface area contributed by atoms with Crippen LogP contribution in [0.1, 0.15) is 8.22 Å². The standard InChI is InChI=1S/C51H30N4OS/c1-3-13-31(14-4-1)41-29-35(55-43-20-10-7-17-36(43)37-18-8-11-21-44(37)55)30-42-38-25-23-33(27-45(38)56-48(41)42)50-52-49(32-15-5-2-6-16-32)53-51(54-50)34-24-26-40-39-19-9-12-22-46(39)57-47(40)28-34/h1-30H/i7D,8D,17D,18D,20D,21D.